The van der Waals surface area contributed by atoms with Gasteiger partial charge in [-0.25, -0.2) is 4.79 Å². The molecule has 0 aliphatic heterocycles. The molecule has 3 N–H and O–H groups in total. The molecular weight excluding hydrogens is 460 g/mol. The van der Waals surface area contributed by atoms with Gasteiger partial charge in [-0.15, -0.1) is 0 Å². The second kappa shape index (κ2) is 10.7. The highest BCUT2D eigenvalue weighted by atomic mass is 79.9. The molecule has 0 bridgehead atoms. The number of hydrogen-bond acceptors (Lipinski definition) is 4. The van der Waals surface area contributed by atoms with Crippen molar-refractivity contribution in [3.63, 3.8) is 0 Å². The number of ether oxygens (including phenoxy) is 2. The Morgan fingerprint density at radius 2 is 1.71 bits per heavy atom. The van der Waals surface area contributed by atoms with Gasteiger partial charge in [0.15, 0.2) is 6.54 Å². The van der Waals surface area contributed by atoms with E-state index in [1.807, 2.05) is 53.8 Å². The van der Waals surface area contributed by atoms with E-state index in [9.17, 15) is 9.59 Å². The second-order valence-electron chi connectivity index (χ2n) is 6.82. The summed E-state index contributed by atoms with van der Waals surface area (Å²) in [6.07, 6.45) is 0. The van der Waals surface area contributed by atoms with Crippen LogP contribution in [0.5, 0.6) is 5.75 Å². The maximum Gasteiger partial charge on any atom is 0.361 e. The van der Waals surface area contributed by atoms with Gasteiger partial charge in [0, 0.05) is 21.2 Å². The molecule has 0 aromatic heterocycles. The van der Waals surface area contributed by atoms with Crippen molar-refractivity contribution in [3.05, 3.63) is 94.0 Å². The highest BCUT2D eigenvalue weighted by Crippen LogP contribution is 2.29. The van der Waals surface area contributed by atoms with Gasteiger partial charge in [0.25, 0.3) is 5.91 Å². The normalized spacial score (nSPS) is 11.5. The van der Waals surface area contributed by atoms with Crippen molar-refractivity contribution in [3.8, 4) is 5.75 Å². The van der Waals surface area contributed by atoms with Crippen molar-refractivity contribution in [1.82, 2.24) is 0 Å². The van der Waals surface area contributed by atoms with Crippen LogP contribution in [0.3, 0.4) is 0 Å². The summed E-state index contributed by atoms with van der Waals surface area (Å²) < 4.78 is 10.8. The Morgan fingerprint density at radius 1 is 1.00 bits per heavy atom. The second-order valence-corrected chi connectivity index (χ2v) is 7.73. The molecular formula is C24H24BrN2O4+. The number of carbonyl (C=O) groups excluding carboxylic acids is 2. The van der Waals surface area contributed by atoms with Crippen LogP contribution >= 0.6 is 15.9 Å². The van der Waals surface area contributed by atoms with Crippen LogP contribution in [0.4, 0.5) is 5.69 Å². The molecule has 3 rings (SSSR count). The molecule has 0 saturated carbocycles. The minimum Gasteiger partial charge on any atom is -0.497 e. The Hall–Kier alpha value is -3.16. The fraction of sp³-hybridized carbons (Fsp3) is 0.167. The first kappa shape index (κ1) is 22.5. The first-order chi connectivity index (χ1) is 15.0. The van der Waals surface area contributed by atoms with Crippen molar-refractivity contribution >= 4 is 33.5 Å². The number of hydrogen-bond donors (Lipinski definition) is 2. The van der Waals surface area contributed by atoms with Crippen LogP contribution in [0.15, 0.2) is 77.3 Å². The molecule has 0 saturated heterocycles. The zero-order valence-electron chi connectivity index (χ0n) is 17.3. The molecule has 3 aromatic rings. The third-order valence-corrected chi connectivity index (χ3v) is 5.35. The summed E-state index contributed by atoms with van der Waals surface area (Å²) in [5.41, 5.74) is 3.05. The molecule has 0 fully saturated rings. The molecule has 31 heavy (non-hydrogen) atoms. The predicted octanol–water partition coefficient (Wildman–Crippen LogP) is 3.54. The Labute approximate surface area is 189 Å². The quantitative estimate of drug-likeness (QED) is 0.480. The van der Waals surface area contributed by atoms with E-state index in [1.54, 1.807) is 31.4 Å². The number of esters is 1. The van der Waals surface area contributed by atoms with Crippen LogP contribution in [0.25, 0.3) is 0 Å². The van der Waals surface area contributed by atoms with Gasteiger partial charge in [0.05, 0.1) is 19.9 Å². The van der Waals surface area contributed by atoms with Crippen molar-refractivity contribution < 1.29 is 24.4 Å². The van der Waals surface area contributed by atoms with Crippen LogP contribution in [0.1, 0.15) is 27.5 Å². The summed E-state index contributed by atoms with van der Waals surface area (Å²) in [6.45, 7) is 0.147. The number of amides is 1. The van der Waals surface area contributed by atoms with E-state index in [1.165, 1.54) is 7.11 Å². The highest BCUT2D eigenvalue weighted by Gasteiger charge is 2.23. The lowest BCUT2D eigenvalue weighted by atomic mass is 9.96. The van der Waals surface area contributed by atoms with Crippen molar-refractivity contribution in [2.75, 3.05) is 26.1 Å². The number of nitrogens with two attached hydrogens (primary N) is 1. The van der Waals surface area contributed by atoms with Crippen molar-refractivity contribution in [1.29, 1.82) is 0 Å². The summed E-state index contributed by atoms with van der Waals surface area (Å²) >= 11 is 3.53. The molecule has 7 heteroatoms. The van der Waals surface area contributed by atoms with E-state index >= 15 is 0 Å². The average molecular weight is 484 g/mol. The van der Waals surface area contributed by atoms with Crippen LogP contribution in [-0.2, 0) is 9.53 Å². The number of benzene rings is 3. The first-order valence-electron chi connectivity index (χ1n) is 9.71. The lowest BCUT2D eigenvalue weighted by Gasteiger charge is -2.20. The molecule has 3 aromatic carbocycles. The molecule has 0 unspecified atom stereocenters. The number of nitrogens with one attached hydrogen (secondary N) is 1. The van der Waals surface area contributed by atoms with Gasteiger partial charge < -0.3 is 20.1 Å². The average Bonchev–Trinajstić information content (AvgIpc) is 2.81. The van der Waals surface area contributed by atoms with Crippen molar-refractivity contribution in [2.24, 2.45) is 0 Å². The molecule has 1 amide bonds. The lowest BCUT2D eigenvalue weighted by molar-refractivity contribution is -0.677. The summed E-state index contributed by atoms with van der Waals surface area (Å²) in [6, 6.07) is 22.2. The molecule has 1 atom stereocenters. The molecule has 0 heterocycles. The third kappa shape index (κ3) is 5.93. The third-order valence-electron chi connectivity index (χ3n) is 4.86. The number of methoxy groups -OCH3 is 2. The lowest BCUT2D eigenvalue weighted by Crippen LogP contribution is -2.87. The monoisotopic (exact) mass is 483 g/mol. The first-order valence-corrected chi connectivity index (χ1v) is 10.5. The largest absolute Gasteiger partial charge is 0.497 e. The summed E-state index contributed by atoms with van der Waals surface area (Å²) in [4.78, 5) is 24.7. The van der Waals surface area contributed by atoms with E-state index < -0.39 is 0 Å². The van der Waals surface area contributed by atoms with Gasteiger partial charge >= 0.3 is 5.97 Å². The molecule has 0 spiro atoms. The maximum absolute atomic E-state index is 12.9. The number of anilines is 1. The maximum atomic E-state index is 12.9. The van der Waals surface area contributed by atoms with Crippen LogP contribution in [0.2, 0.25) is 0 Å². The van der Waals surface area contributed by atoms with E-state index in [0.29, 0.717) is 17.0 Å². The Kier molecular flexibility index (Phi) is 7.81. The van der Waals surface area contributed by atoms with Gasteiger partial charge in [-0.2, -0.15) is 0 Å². The molecule has 0 aliphatic carbocycles. The molecule has 0 aliphatic rings. The summed E-state index contributed by atoms with van der Waals surface area (Å²) in [5, 5.41) is 4.90. The van der Waals surface area contributed by atoms with E-state index in [0.717, 1.165) is 15.6 Å². The van der Waals surface area contributed by atoms with Crippen LogP contribution in [-0.4, -0.2) is 32.6 Å². The summed E-state index contributed by atoms with van der Waals surface area (Å²) in [5.74, 6) is 0.133. The fourth-order valence-corrected chi connectivity index (χ4v) is 3.62. The van der Waals surface area contributed by atoms with Crippen molar-refractivity contribution in [2.45, 2.75) is 6.04 Å². The van der Waals surface area contributed by atoms with Crippen LogP contribution in [0, 0.1) is 0 Å². The SMILES string of the molecule is COC(=O)C[NH2+][C@@H](c1ccccc1)c1cc(Br)ccc1NC(=O)c1ccc(OC)cc1. The molecule has 6 nitrogen and oxygen atoms in total. The minimum atomic E-state index is -0.320. The van der Waals surface area contributed by atoms with Gasteiger partial charge in [-0.05, 0) is 42.5 Å². The van der Waals surface area contributed by atoms with Gasteiger partial charge in [-0.1, -0.05) is 46.3 Å². The number of rotatable bonds is 8. The number of quaternary nitrogens is 1. The standard InChI is InChI=1S/C24H23BrN2O4/c1-30-19-11-8-17(9-12-19)24(29)27-21-13-10-18(25)14-20(21)23(26-15-22(28)31-2)16-6-4-3-5-7-16/h3-14,23,26H,15H2,1-2H3,(H,27,29)/p+1/t23-/m0/s1. The fourth-order valence-electron chi connectivity index (χ4n) is 3.24. The van der Waals surface area contributed by atoms with Gasteiger partial charge in [-0.3, -0.25) is 4.79 Å². The highest BCUT2D eigenvalue weighted by molar-refractivity contribution is 9.10. The van der Waals surface area contributed by atoms with Gasteiger partial charge in [0.2, 0.25) is 0 Å². The molecule has 0 radical (unpaired) electrons. The van der Waals surface area contributed by atoms with Gasteiger partial charge in [0.1, 0.15) is 11.8 Å². The minimum absolute atomic E-state index is 0.147. The Morgan fingerprint density at radius 3 is 2.35 bits per heavy atom. The Bertz CT molecular complexity index is 1040. The predicted molar refractivity (Wildman–Crippen MR) is 122 cm³/mol. The number of halogens is 1. The Balaban J connectivity index is 1.94. The van der Waals surface area contributed by atoms with E-state index in [4.69, 9.17) is 9.47 Å². The van der Waals surface area contributed by atoms with Crippen LogP contribution < -0.4 is 15.4 Å². The molecule has 160 valence electrons. The number of carbonyl (C=O) groups is 2. The zero-order chi connectivity index (χ0) is 22.2. The topological polar surface area (TPSA) is 81.2 Å². The smallest absolute Gasteiger partial charge is 0.361 e. The van der Waals surface area contributed by atoms with E-state index in [2.05, 4.69) is 21.2 Å². The zero-order valence-corrected chi connectivity index (χ0v) is 18.9. The summed E-state index contributed by atoms with van der Waals surface area (Å²) in [7, 11) is 2.95. The van der Waals surface area contributed by atoms with E-state index in [-0.39, 0.29) is 24.5 Å².